The largest absolute Gasteiger partial charge is 0.497 e. The van der Waals surface area contributed by atoms with Gasteiger partial charge in [0.1, 0.15) is 23.0 Å². The fraction of sp³-hybridized carbons (Fsp3) is 0.263. The van der Waals surface area contributed by atoms with Gasteiger partial charge in [-0.2, -0.15) is 0 Å². The summed E-state index contributed by atoms with van der Waals surface area (Å²) in [5.74, 6) is 2.03. The first kappa shape index (κ1) is 19.7. The van der Waals surface area contributed by atoms with Crippen LogP contribution in [-0.2, 0) is 15.6 Å². The molecule has 2 aromatic carbocycles. The van der Waals surface area contributed by atoms with Crippen LogP contribution in [0.4, 0.5) is 0 Å². The molecule has 0 aliphatic carbocycles. The highest BCUT2D eigenvalue weighted by molar-refractivity contribution is 7.93. The Labute approximate surface area is 153 Å². The van der Waals surface area contributed by atoms with E-state index in [4.69, 9.17) is 18.9 Å². The Hall–Kier alpha value is -2.67. The van der Waals surface area contributed by atoms with Crippen LogP contribution in [0, 0.1) is 0 Å². The number of ether oxygens (including phenoxy) is 4. The number of hydrogen-bond donors (Lipinski definition) is 0. The molecule has 7 heteroatoms. The van der Waals surface area contributed by atoms with Gasteiger partial charge < -0.3 is 18.9 Å². The van der Waals surface area contributed by atoms with Crippen molar-refractivity contribution in [3.8, 4) is 23.0 Å². The van der Waals surface area contributed by atoms with Gasteiger partial charge >= 0.3 is 0 Å². The lowest BCUT2D eigenvalue weighted by Gasteiger charge is -2.10. The third-order valence-corrected chi connectivity index (χ3v) is 5.01. The Balaban J connectivity index is 2.25. The Kier molecular flexibility index (Phi) is 6.52. The van der Waals surface area contributed by atoms with Gasteiger partial charge in [-0.25, -0.2) is 8.42 Å². The second kappa shape index (κ2) is 8.62. The van der Waals surface area contributed by atoms with Crippen LogP contribution >= 0.6 is 0 Å². The first-order valence-electron chi connectivity index (χ1n) is 7.76. The summed E-state index contributed by atoms with van der Waals surface area (Å²) in [5, 5.41) is 1.17. The molecule has 0 saturated heterocycles. The first-order chi connectivity index (χ1) is 12.4. The highest BCUT2D eigenvalue weighted by atomic mass is 32.2. The van der Waals surface area contributed by atoms with Gasteiger partial charge in [-0.05, 0) is 24.3 Å². The highest BCUT2D eigenvalue weighted by Crippen LogP contribution is 2.28. The Morgan fingerprint density at radius 1 is 0.808 bits per heavy atom. The van der Waals surface area contributed by atoms with Crippen molar-refractivity contribution in [2.75, 3.05) is 28.4 Å². The topological polar surface area (TPSA) is 71.1 Å². The van der Waals surface area contributed by atoms with Crippen molar-refractivity contribution in [1.82, 2.24) is 0 Å². The van der Waals surface area contributed by atoms with Crippen LogP contribution in [-0.4, -0.2) is 36.9 Å². The maximum absolute atomic E-state index is 12.5. The predicted octanol–water partition coefficient (Wildman–Crippen LogP) is 3.31. The summed E-state index contributed by atoms with van der Waals surface area (Å²) in [6, 6.07) is 10.2. The van der Waals surface area contributed by atoms with E-state index in [9.17, 15) is 8.42 Å². The minimum atomic E-state index is -3.51. The maximum Gasteiger partial charge on any atom is 0.175 e. The zero-order valence-corrected chi connectivity index (χ0v) is 16.0. The van der Waals surface area contributed by atoms with E-state index in [1.807, 2.05) is 0 Å². The summed E-state index contributed by atoms with van der Waals surface area (Å²) in [6.07, 6.45) is 1.50. The number of hydrogen-bond acceptors (Lipinski definition) is 6. The zero-order valence-electron chi connectivity index (χ0n) is 15.2. The molecule has 0 unspecified atom stereocenters. The quantitative estimate of drug-likeness (QED) is 0.702. The van der Waals surface area contributed by atoms with Crippen LogP contribution in [0.15, 0.2) is 41.8 Å². The molecule has 0 radical (unpaired) electrons. The van der Waals surface area contributed by atoms with Gasteiger partial charge in [-0.15, -0.1) is 0 Å². The van der Waals surface area contributed by atoms with Crippen LogP contribution in [0.1, 0.15) is 11.1 Å². The standard InChI is InChI=1S/C19H22O6S/c1-22-16-7-5-14(18(11-16)24-3)9-10-26(20,21)13-15-6-8-17(23-2)12-19(15)25-4/h5-12H,13H2,1-4H3/b10-9-. The predicted molar refractivity (Wildman–Crippen MR) is 101 cm³/mol. The SMILES string of the molecule is COc1ccc(/C=C\S(=O)(=O)Cc2ccc(OC)cc2OC)c(OC)c1. The molecule has 0 fully saturated rings. The lowest BCUT2D eigenvalue weighted by Crippen LogP contribution is -2.02. The van der Waals surface area contributed by atoms with Gasteiger partial charge in [-0.1, -0.05) is 6.07 Å². The van der Waals surface area contributed by atoms with Crippen molar-refractivity contribution in [3.05, 3.63) is 52.9 Å². The van der Waals surface area contributed by atoms with Crippen molar-refractivity contribution in [1.29, 1.82) is 0 Å². The van der Waals surface area contributed by atoms with Crippen LogP contribution in [0.25, 0.3) is 6.08 Å². The number of rotatable bonds is 8. The van der Waals surface area contributed by atoms with E-state index in [1.54, 1.807) is 43.5 Å². The van der Waals surface area contributed by atoms with Crippen molar-refractivity contribution < 1.29 is 27.4 Å². The molecule has 0 N–H and O–H groups in total. The van der Waals surface area contributed by atoms with E-state index in [0.717, 1.165) is 0 Å². The van der Waals surface area contributed by atoms with Crippen LogP contribution in [0.2, 0.25) is 0 Å². The maximum atomic E-state index is 12.5. The Bertz CT molecular complexity index is 887. The second-order valence-corrected chi connectivity index (χ2v) is 7.28. The number of benzene rings is 2. The minimum absolute atomic E-state index is 0.185. The van der Waals surface area contributed by atoms with E-state index in [0.29, 0.717) is 34.1 Å². The third-order valence-electron chi connectivity index (χ3n) is 3.75. The van der Waals surface area contributed by atoms with Gasteiger partial charge in [0.2, 0.25) is 0 Å². The first-order valence-corrected chi connectivity index (χ1v) is 9.47. The molecule has 0 aliphatic heterocycles. The smallest absolute Gasteiger partial charge is 0.175 e. The molecule has 26 heavy (non-hydrogen) atoms. The monoisotopic (exact) mass is 378 g/mol. The van der Waals surface area contributed by atoms with Gasteiger partial charge in [0.25, 0.3) is 0 Å². The van der Waals surface area contributed by atoms with E-state index in [2.05, 4.69) is 0 Å². The third kappa shape index (κ3) is 4.92. The van der Waals surface area contributed by atoms with Crippen molar-refractivity contribution >= 4 is 15.9 Å². The molecule has 140 valence electrons. The summed E-state index contributed by atoms with van der Waals surface area (Å²) in [4.78, 5) is 0. The average Bonchev–Trinajstić information content (AvgIpc) is 2.66. The van der Waals surface area contributed by atoms with Gasteiger partial charge in [-0.3, -0.25) is 0 Å². The molecular formula is C19H22O6S. The highest BCUT2D eigenvalue weighted by Gasteiger charge is 2.14. The molecule has 0 aliphatic rings. The minimum Gasteiger partial charge on any atom is -0.497 e. The van der Waals surface area contributed by atoms with Gasteiger partial charge in [0.05, 0.1) is 34.2 Å². The molecule has 2 rings (SSSR count). The molecule has 0 spiro atoms. The van der Waals surface area contributed by atoms with Crippen LogP contribution < -0.4 is 18.9 Å². The van der Waals surface area contributed by atoms with Crippen LogP contribution in [0.3, 0.4) is 0 Å². The summed E-state index contributed by atoms with van der Waals surface area (Å²) < 4.78 is 45.7. The Morgan fingerprint density at radius 3 is 1.96 bits per heavy atom. The lowest BCUT2D eigenvalue weighted by molar-refractivity contribution is 0.392. The molecular weight excluding hydrogens is 356 g/mol. The molecule has 0 bridgehead atoms. The average molecular weight is 378 g/mol. The van der Waals surface area contributed by atoms with Crippen LogP contribution in [0.5, 0.6) is 23.0 Å². The van der Waals surface area contributed by atoms with Crippen molar-refractivity contribution in [2.45, 2.75) is 5.75 Å². The molecule has 2 aromatic rings. The normalized spacial score (nSPS) is 11.4. The molecule has 0 saturated carbocycles. The summed E-state index contributed by atoms with van der Waals surface area (Å²) >= 11 is 0. The number of sulfone groups is 1. The molecule has 0 heterocycles. The van der Waals surface area contributed by atoms with E-state index < -0.39 is 9.84 Å². The van der Waals surface area contributed by atoms with Gasteiger partial charge in [0, 0.05) is 28.7 Å². The van der Waals surface area contributed by atoms with E-state index >= 15 is 0 Å². The zero-order chi connectivity index (χ0) is 19.2. The molecule has 0 amide bonds. The van der Waals surface area contributed by atoms with Crippen molar-refractivity contribution in [2.24, 2.45) is 0 Å². The second-order valence-electron chi connectivity index (χ2n) is 5.40. The summed E-state index contributed by atoms with van der Waals surface area (Å²) in [7, 11) is 2.58. The lowest BCUT2D eigenvalue weighted by atomic mass is 10.2. The van der Waals surface area contributed by atoms with E-state index in [1.165, 1.54) is 32.8 Å². The van der Waals surface area contributed by atoms with Crippen molar-refractivity contribution in [3.63, 3.8) is 0 Å². The number of methoxy groups -OCH3 is 4. The molecule has 6 nitrogen and oxygen atoms in total. The summed E-state index contributed by atoms with van der Waals surface area (Å²) in [5.41, 5.74) is 1.19. The summed E-state index contributed by atoms with van der Waals surface area (Å²) in [6.45, 7) is 0. The van der Waals surface area contributed by atoms with E-state index in [-0.39, 0.29) is 5.75 Å². The van der Waals surface area contributed by atoms with Gasteiger partial charge in [0.15, 0.2) is 9.84 Å². The Morgan fingerprint density at radius 2 is 1.38 bits per heavy atom. The molecule has 0 aromatic heterocycles. The fourth-order valence-corrected chi connectivity index (χ4v) is 3.49. The molecule has 0 atom stereocenters. The fourth-order valence-electron chi connectivity index (χ4n) is 2.37.